The standard InChI is InChI=1S/C23H27N5O3S/c1-16-7-9-20(32(30,31)27-11-5-4-6-12-27)14-21(16)23(29)25-19-8-10-22(24-15-19)28-18(3)13-17(2)26-28/h7-10,13-15H,4-6,11-12H2,1-3H3,(H,25,29). The van der Waals surface area contributed by atoms with Gasteiger partial charge in [-0.15, -0.1) is 0 Å². The molecule has 3 heterocycles. The highest BCUT2D eigenvalue weighted by Crippen LogP contribution is 2.23. The molecule has 8 nitrogen and oxygen atoms in total. The summed E-state index contributed by atoms with van der Waals surface area (Å²) in [6.45, 7) is 6.69. The number of sulfonamides is 1. The summed E-state index contributed by atoms with van der Waals surface area (Å²) < 4.78 is 29.3. The second-order valence-corrected chi connectivity index (χ2v) is 10.1. The molecule has 3 aromatic rings. The lowest BCUT2D eigenvalue weighted by Gasteiger charge is -2.26. The van der Waals surface area contributed by atoms with Crippen molar-refractivity contribution in [2.24, 2.45) is 0 Å². The summed E-state index contributed by atoms with van der Waals surface area (Å²) in [6, 6.07) is 10.2. The third-order valence-electron chi connectivity index (χ3n) is 5.64. The van der Waals surface area contributed by atoms with E-state index in [0.29, 0.717) is 35.7 Å². The minimum atomic E-state index is -3.61. The number of nitrogens with zero attached hydrogens (tertiary/aromatic N) is 4. The normalized spacial score (nSPS) is 15.0. The molecule has 0 radical (unpaired) electrons. The minimum Gasteiger partial charge on any atom is -0.321 e. The van der Waals surface area contributed by atoms with Gasteiger partial charge in [0.25, 0.3) is 5.91 Å². The van der Waals surface area contributed by atoms with Gasteiger partial charge in [0.2, 0.25) is 10.0 Å². The Hall–Kier alpha value is -3.04. The highest BCUT2D eigenvalue weighted by Gasteiger charge is 2.27. The molecule has 1 saturated heterocycles. The molecule has 4 rings (SSSR count). The molecule has 0 atom stereocenters. The van der Waals surface area contributed by atoms with Crippen LogP contribution in [0, 0.1) is 20.8 Å². The van der Waals surface area contributed by atoms with Gasteiger partial charge in [0.1, 0.15) is 0 Å². The highest BCUT2D eigenvalue weighted by molar-refractivity contribution is 7.89. The van der Waals surface area contributed by atoms with Crippen LogP contribution in [-0.4, -0.2) is 46.5 Å². The van der Waals surface area contributed by atoms with E-state index in [2.05, 4.69) is 15.4 Å². The van der Waals surface area contributed by atoms with Gasteiger partial charge in [-0.3, -0.25) is 4.79 Å². The fourth-order valence-corrected chi connectivity index (χ4v) is 5.45. The predicted octanol–water partition coefficient (Wildman–Crippen LogP) is 3.62. The molecule has 1 aromatic carbocycles. The van der Waals surface area contributed by atoms with E-state index in [1.54, 1.807) is 42.1 Å². The molecule has 1 fully saturated rings. The average molecular weight is 454 g/mol. The van der Waals surface area contributed by atoms with Crippen molar-refractivity contribution < 1.29 is 13.2 Å². The lowest BCUT2D eigenvalue weighted by Crippen LogP contribution is -2.35. The molecule has 1 aliphatic rings. The van der Waals surface area contributed by atoms with E-state index >= 15 is 0 Å². The molecule has 0 aliphatic carbocycles. The van der Waals surface area contributed by atoms with Gasteiger partial charge in [0, 0.05) is 24.3 Å². The number of hydrogen-bond acceptors (Lipinski definition) is 5. The smallest absolute Gasteiger partial charge is 0.256 e. The molecule has 0 spiro atoms. The summed E-state index contributed by atoms with van der Waals surface area (Å²) in [7, 11) is -3.61. The average Bonchev–Trinajstić information content (AvgIpc) is 3.12. The maximum Gasteiger partial charge on any atom is 0.256 e. The molecule has 0 unspecified atom stereocenters. The number of amides is 1. The van der Waals surface area contributed by atoms with Gasteiger partial charge in [-0.25, -0.2) is 18.1 Å². The van der Waals surface area contributed by atoms with E-state index in [-0.39, 0.29) is 10.8 Å². The molecule has 1 amide bonds. The number of piperidine rings is 1. The zero-order valence-electron chi connectivity index (χ0n) is 18.5. The van der Waals surface area contributed by atoms with Crippen molar-refractivity contribution in [3.05, 3.63) is 65.1 Å². The van der Waals surface area contributed by atoms with Crippen LogP contribution in [0.3, 0.4) is 0 Å². The van der Waals surface area contributed by atoms with E-state index < -0.39 is 10.0 Å². The van der Waals surface area contributed by atoms with Gasteiger partial charge in [-0.2, -0.15) is 9.40 Å². The SMILES string of the molecule is Cc1cc(C)n(-c2ccc(NC(=O)c3cc(S(=O)(=O)N4CCCCC4)ccc3C)cn2)n1. The van der Waals surface area contributed by atoms with Crippen LogP contribution in [-0.2, 0) is 10.0 Å². The third kappa shape index (κ3) is 4.44. The first kappa shape index (κ1) is 22.2. The van der Waals surface area contributed by atoms with Crippen LogP contribution < -0.4 is 5.32 Å². The molecule has 0 saturated carbocycles. The number of carbonyl (C=O) groups excluding carboxylic acids is 1. The van der Waals surface area contributed by atoms with Crippen LogP contribution in [0.25, 0.3) is 5.82 Å². The highest BCUT2D eigenvalue weighted by atomic mass is 32.2. The zero-order chi connectivity index (χ0) is 22.9. The lowest BCUT2D eigenvalue weighted by atomic mass is 10.1. The van der Waals surface area contributed by atoms with Gasteiger partial charge >= 0.3 is 0 Å². The number of nitrogens with one attached hydrogen (secondary N) is 1. The number of anilines is 1. The number of aryl methyl sites for hydroxylation is 3. The molecular weight excluding hydrogens is 426 g/mol. The van der Waals surface area contributed by atoms with Crippen LogP contribution >= 0.6 is 0 Å². The molecule has 1 N–H and O–H groups in total. The summed E-state index contributed by atoms with van der Waals surface area (Å²) in [5.41, 5.74) is 3.41. The minimum absolute atomic E-state index is 0.146. The number of hydrogen-bond donors (Lipinski definition) is 1. The fraction of sp³-hybridized carbons (Fsp3) is 0.348. The van der Waals surface area contributed by atoms with Gasteiger partial charge < -0.3 is 5.32 Å². The second kappa shape index (κ2) is 8.84. The summed E-state index contributed by atoms with van der Waals surface area (Å²) in [5.74, 6) is 0.276. The Balaban J connectivity index is 1.54. The van der Waals surface area contributed by atoms with Crippen molar-refractivity contribution >= 4 is 21.6 Å². The topological polar surface area (TPSA) is 97.2 Å². The van der Waals surface area contributed by atoms with Crippen LogP contribution in [0.4, 0.5) is 5.69 Å². The number of benzene rings is 1. The van der Waals surface area contributed by atoms with E-state index in [1.165, 1.54) is 10.4 Å². The molecular formula is C23H27N5O3S. The largest absolute Gasteiger partial charge is 0.321 e. The lowest BCUT2D eigenvalue weighted by molar-refractivity contribution is 0.102. The first-order chi connectivity index (χ1) is 15.3. The molecule has 2 aromatic heterocycles. The van der Waals surface area contributed by atoms with Gasteiger partial charge in [0.05, 0.1) is 22.5 Å². The van der Waals surface area contributed by atoms with E-state index in [4.69, 9.17) is 0 Å². The van der Waals surface area contributed by atoms with Gasteiger partial charge in [0.15, 0.2) is 5.82 Å². The third-order valence-corrected chi connectivity index (χ3v) is 7.53. The van der Waals surface area contributed by atoms with Crippen molar-refractivity contribution in [3.8, 4) is 5.82 Å². The van der Waals surface area contributed by atoms with Gasteiger partial charge in [-0.1, -0.05) is 12.5 Å². The molecule has 9 heteroatoms. The fourth-order valence-electron chi connectivity index (χ4n) is 3.91. The summed E-state index contributed by atoms with van der Waals surface area (Å²) in [5, 5.41) is 7.22. The van der Waals surface area contributed by atoms with Crippen LogP contribution in [0.2, 0.25) is 0 Å². The Kier molecular flexibility index (Phi) is 6.12. The molecule has 168 valence electrons. The maximum atomic E-state index is 13.0. The monoisotopic (exact) mass is 453 g/mol. The number of carbonyl (C=O) groups is 1. The van der Waals surface area contributed by atoms with Crippen molar-refractivity contribution in [1.29, 1.82) is 0 Å². The Labute approximate surface area is 188 Å². The molecule has 1 aliphatic heterocycles. The number of aromatic nitrogens is 3. The Morgan fingerprint density at radius 3 is 2.38 bits per heavy atom. The van der Waals surface area contributed by atoms with Crippen molar-refractivity contribution in [1.82, 2.24) is 19.1 Å². The zero-order valence-corrected chi connectivity index (χ0v) is 19.3. The summed E-state index contributed by atoms with van der Waals surface area (Å²) in [6.07, 6.45) is 4.32. The first-order valence-electron chi connectivity index (χ1n) is 10.7. The van der Waals surface area contributed by atoms with Crippen molar-refractivity contribution in [2.75, 3.05) is 18.4 Å². The quantitative estimate of drug-likeness (QED) is 0.636. The van der Waals surface area contributed by atoms with Crippen LogP contribution in [0.5, 0.6) is 0 Å². The summed E-state index contributed by atoms with van der Waals surface area (Å²) >= 11 is 0. The predicted molar refractivity (Wildman–Crippen MR) is 123 cm³/mol. The second-order valence-electron chi connectivity index (χ2n) is 8.14. The number of pyridine rings is 1. The Bertz CT molecular complexity index is 1240. The molecule has 32 heavy (non-hydrogen) atoms. The van der Waals surface area contributed by atoms with E-state index in [0.717, 1.165) is 30.7 Å². The Morgan fingerprint density at radius 1 is 1.00 bits per heavy atom. The van der Waals surface area contributed by atoms with Crippen molar-refractivity contribution in [2.45, 2.75) is 44.9 Å². The van der Waals surface area contributed by atoms with Crippen LogP contribution in [0.1, 0.15) is 46.6 Å². The molecule has 0 bridgehead atoms. The first-order valence-corrected chi connectivity index (χ1v) is 12.1. The summed E-state index contributed by atoms with van der Waals surface area (Å²) in [4.78, 5) is 17.5. The van der Waals surface area contributed by atoms with E-state index in [9.17, 15) is 13.2 Å². The van der Waals surface area contributed by atoms with Crippen molar-refractivity contribution in [3.63, 3.8) is 0 Å². The maximum absolute atomic E-state index is 13.0. The van der Waals surface area contributed by atoms with E-state index in [1.807, 2.05) is 19.9 Å². The Morgan fingerprint density at radius 2 is 1.75 bits per heavy atom. The van der Waals surface area contributed by atoms with Crippen LogP contribution in [0.15, 0.2) is 47.5 Å². The number of rotatable bonds is 5. The van der Waals surface area contributed by atoms with Gasteiger partial charge in [-0.05, 0) is 69.5 Å².